The molecule has 0 spiro atoms. The number of carbonyl (C=O) groups excluding carboxylic acids is 1. The molecule has 0 saturated heterocycles. The second-order valence-corrected chi connectivity index (χ2v) is 4.78. The summed E-state index contributed by atoms with van der Waals surface area (Å²) in [6.45, 7) is 3.61. The maximum atomic E-state index is 11.8. The summed E-state index contributed by atoms with van der Waals surface area (Å²) in [5.74, 6) is 1.27. The predicted molar refractivity (Wildman–Crippen MR) is 78.5 cm³/mol. The highest BCUT2D eigenvalue weighted by Crippen LogP contribution is 2.35. The number of aromatic nitrogens is 1. The molecule has 6 nitrogen and oxygen atoms in total. The molecule has 1 aromatic heterocycles. The zero-order valence-electron chi connectivity index (χ0n) is 12.5. The SMILES string of the molecule is COc1ccc(-c2cnoc2NC(=O)C(C)C)cc1OC. The lowest BCUT2D eigenvalue weighted by molar-refractivity contribution is -0.119. The highest BCUT2D eigenvalue weighted by Gasteiger charge is 2.16. The minimum atomic E-state index is -0.145. The molecule has 2 aromatic rings. The van der Waals surface area contributed by atoms with Crippen molar-refractivity contribution in [3.05, 3.63) is 24.4 Å². The first-order chi connectivity index (χ1) is 10.1. The molecular formula is C15H18N2O4. The number of methoxy groups -OCH3 is 2. The Morgan fingerprint density at radius 2 is 1.95 bits per heavy atom. The molecule has 0 aliphatic heterocycles. The van der Waals surface area contributed by atoms with Crippen molar-refractivity contribution in [2.45, 2.75) is 13.8 Å². The van der Waals surface area contributed by atoms with Crippen molar-refractivity contribution in [3.8, 4) is 22.6 Å². The molecule has 1 aromatic carbocycles. The van der Waals surface area contributed by atoms with E-state index in [1.54, 1.807) is 32.5 Å². The van der Waals surface area contributed by atoms with Gasteiger partial charge in [0.1, 0.15) is 0 Å². The summed E-state index contributed by atoms with van der Waals surface area (Å²) in [6.07, 6.45) is 1.55. The standard InChI is InChI=1S/C15H18N2O4/c1-9(2)14(18)17-15-11(8-16-21-15)10-5-6-12(19-3)13(7-10)20-4/h5-9H,1-4H3,(H,17,18). The lowest BCUT2D eigenvalue weighted by Crippen LogP contribution is -2.17. The third-order valence-electron chi connectivity index (χ3n) is 3.03. The first-order valence-electron chi connectivity index (χ1n) is 6.54. The normalized spacial score (nSPS) is 10.5. The highest BCUT2D eigenvalue weighted by atomic mass is 16.5. The number of rotatable bonds is 5. The molecule has 1 N–H and O–H groups in total. The molecule has 1 amide bonds. The molecule has 0 fully saturated rings. The fraction of sp³-hybridized carbons (Fsp3) is 0.333. The van der Waals surface area contributed by atoms with Crippen molar-refractivity contribution in [1.82, 2.24) is 5.16 Å². The van der Waals surface area contributed by atoms with E-state index >= 15 is 0 Å². The first kappa shape index (κ1) is 14.9. The van der Waals surface area contributed by atoms with Crippen LogP contribution >= 0.6 is 0 Å². The van der Waals surface area contributed by atoms with Crippen LogP contribution in [-0.4, -0.2) is 25.3 Å². The molecule has 0 unspecified atom stereocenters. The fourth-order valence-corrected chi connectivity index (χ4v) is 1.80. The number of anilines is 1. The van der Waals surface area contributed by atoms with Gasteiger partial charge >= 0.3 is 0 Å². The van der Waals surface area contributed by atoms with Crippen LogP contribution < -0.4 is 14.8 Å². The zero-order valence-corrected chi connectivity index (χ0v) is 12.5. The molecule has 0 saturated carbocycles. The van der Waals surface area contributed by atoms with Crippen molar-refractivity contribution >= 4 is 11.8 Å². The van der Waals surface area contributed by atoms with E-state index in [9.17, 15) is 4.79 Å². The van der Waals surface area contributed by atoms with E-state index in [0.29, 0.717) is 22.9 Å². The summed E-state index contributed by atoms with van der Waals surface area (Å²) >= 11 is 0. The summed E-state index contributed by atoms with van der Waals surface area (Å²) < 4.78 is 15.6. The van der Waals surface area contributed by atoms with Crippen molar-refractivity contribution in [3.63, 3.8) is 0 Å². The van der Waals surface area contributed by atoms with Crippen LogP contribution in [0.25, 0.3) is 11.1 Å². The molecular weight excluding hydrogens is 272 g/mol. The Hall–Kier alpha value is -2.50. The molecule has 0 atom stereocenters. The van der Waals surface area contributed by atoms with E-state index in [1.165, 1.54) is 0 Å². The van der Waals surface area contributed by atoms with Crippen molar-refractivity contribution in [1.29, 1.82) is 0 Å². The van der Waals surface area contributed by atoms with Gasteiger partial charge in [-0.15, -0.1) is 0 Å². The minimum Gasteiger partial charge on any atom is -0.493 e. The molecule has 1 heterocycles. The Bertz CT molecular complexity index is 634. The van der Waals surface area contributed by atoms with Gasteiger partial charge in [0, 0.05) is 5.92 Å². The van der Waals surface area contributed by atoms with Gasteiger partial charge in [-0.2, -0.15) is 0 Å². The van der Waals surface area contributed by atoms with Crippen LogP contribution in [-0.2, 0) is 4.79 Å². The number of nitrogens with one attached hydrogen (secondary N) is 1. The Kier molecular flexibility index (Phi) is 4.47. The van der Waals surface area contributed by atoms with E-state index in [2.05, 4.69) is 10.5 Å². The van der Waals surface area contributed by atoms with Crippen molar-refractivity contribution < 1.29 is 18.8 Å². The lowest BCUT2D eigenvalue weighted by atomic mass is 10.1. The van der Waals surface area contributed by atoms with Crippen LogP contribution in [0.1, 0.15) is 13.8 Å². The van der Waals surface area contributed by atoms with Gasteiger partial charge < -0.3 is 14.0 Å². The Morgan fingerprint density at radius 1 is 1.24 bits per heavy atom. The summed E-state index contributed by atoms with van der Waals surface area (Å²) in [5.41, 5.74) is 1.50. The van der Waals surface area contributed by atoms with Gasteiger partial charge in [-0.3, -0.25) is 10.1 Å². The number of hydrogen-bond donors (Lipinski definition) is 1. The molecule has 2 rings (SSSR count). The van der Waals surface area contributed by atoms with Crippen LogP contribution in [0.15, 0.2) is 28.9 Å². The Labute approximate surface area is 123 Å². The fourth-order valence-electron chi connectivity index (χ4n) is 1.80. The Morgan fingerprint density at radius 3 is 2.57 bits per heavy atom. The van der Waals surface area contributed by atoms with Gasteiger partial charge in [-0.1, -0.05) is 25.1 Å². The average molecular weight is 290 g/mol. The van der Waals surface area contributed by atoms with Crippen LogP contribution in [0.5, 0.6) is 11.5 Å². The zero-order chi connectivity index (χ0) is 15.4. The number of benzene rings is 1. The van der Waals surface area contributed by atoms with Crippen LogP contribution in [0.4, 0.5) is 5.88 Å². The molecule has 6 heteroatoms. The average Bonchev–Trinajstić information content (AvgIpc) is 2.94. The third kappa shape index (κ3) is 3.16. The molecule has 0 aliphatic rings. The second-order valence-electron chi connectivity index (χ2n) is 4.78. The van der Waals surface area contributed by atoms with Gasteiger partial charge in [-0.25, -0.2) is 0 Å². The summed E-state index contributed by atoms with van der Waals surface area (Å²) in [6, 6.07) is 5.44. The summed E-state index contributed by atoms with van der Waals surface area (Å²) in [5, 5.41) is 6.46. The predicted octanol–water partition coefficient (Wildman–Crippen LogP) is 2.95. The van der Waals surface area contributed by atoms with Gasteiger partial charge in [0.25, 0.3) is 0 Å². The molecule has 0 aliphatic carbocycles. The quantitative estimate of drug-likeness (QED) is 0.916. The van der Waals surface area contributed by atoms with Gasteiger partial charge in [0.2, 0.25) is 11.8 Å². The van der Waals surface area contributed by atoms with Gasteiger partial charge in [-0.05, 0) is 17.7 Å². The first-order valence-corrected chi connectivity index (χ1v) is 6.54. The lowest BCUT2D eigenvalue weighted by Gasteiger charge is -2.10. The molecule has 21 heavy (non-hydrogen) atoms. The van der Waals surface area contributed by atoms with E-state index in [1.807, 2.05) is 19.9 Å². The number of ether oxygens (including phenoxy) is 2. The van der Waals surface area contributed by atoms with Crippen molar-refractivity contribution in [2.75, 3.05) is 19.5 Å². The van der Waals surface area contributed by atoms with E-state index < -0.39 is 0 Å². The third-order valence-corrected chi connectivity index (χ3v) is 3.03. The number of hydrogen-bond acceptors (Lipinski definition) is 5. The highest BCUT2D eigenvalue weighted by molar-refractivity contribution is 5.94. The largest absolute Gasteiger partial charge is 0.493 e. The van der Waals surface area contributed by atoms with Crippen LogP contribution in [0, 0.1) is 5.92 Å². The topological polar surface area (TPSA) is 73.6 Å². The Balaban J connectivity index is 2.35. The van der Waals surface area contributed by atoms with E-state index in [4.69, 9.17) is 14.0 Å². The molecule has 0 bridgehead atoms. The van der Waals surface area contributed by atoms with Crippen LogP contribution in [0.2, 0.25) is 0 Å². The maximum Gasteiger partial charge on any atom is 0.239 e. The molecule has 112 valence electrons. The van der Waals surface area contributed by atoms with Gasteiger partial charge in [0.15, 0.2) is 11.5 Å². The monoisotopic (exact) mass is 290 g/mol. The van der Waals surface area contributed by atoms with E-state index in [-0.39, 0.29) is 11.8 Å². The van der Waals surface area contributed by atoms with Crippen molar-refractivity contribution in [2.24, 2.45) is 5.92 Å². The maximum absolute atomic E-state index is 11.8. The smallest absolute Gasteiger partial charge is 0.239 e. The summed E-state index contributed by atoms with van der Waals surface area (Å²) in [4.78, 5) is 11.8. The van der Waals surface area contributed by atoms with E-state index in [0.717, 1.165) is 5.56 Å². The van der Waals surface area contributed by atoms with Gasteiger partial charge in [0.05, 0.1) is 26.0 Å². The molecule has 0 radical (unpaired) electrons. The number of nitrogens with zero attached hydrogens (tertiary/aromatic N) is 1. The van der Waals surface area contributed by atoms with Crippen LogP contribution in [0.3, 0.4) is 0 Å². The second kappa shape index (κ2) is 6.30. The summed E-state index contributed by atoms with van der Waals surface area (Å²) in [7, 11) is 3.14. The minimum absolute atomic E-state index is 0.131. The number of amides is 1. The number of carbonyl (C=O) groups is 1.